The van der Waals surface area contributed by atoms with Crippen LogP contribution in [0, 0.1) is 3.57 Å². The molecule has 0 amide bonds. The molecule has 0 radical (unpaired) electrons. The van der Waals surface area contributed by atoms with Crippen LogP contribution in [0.2, 0.25) is 0 Å². The van der Waals surface area contributed by atoms with Gasteiger partial charge in [-0.1, -0.05) is 28.9 Å². The first-order valence-electron chi connectivity index (χ1n) is 6.91. The van der Waals surface area contributed by atoms with Crippen molar-refractivity contribution < 1.29 is 0 Å². The van der Waals surface area contributed by atoms with Crippen molar-refractivity contribution in [1.82, 2.24) is 5.32 Å². The molecule has 20 heavy (non-hydrogen) atoms. The van der Waals surface area contributed by atoms with E-state index in [9.17, 15) is 0 Å². The molecule has 2 aromatic rings. The molecule has 108 valence electrons. The van der Waals surface area contributed by atoms with Gasteiger partial charge in [0.15, 0.2) is 0 Å². The van der Waals surface area contributed by atoms with Crippen molar-refractivity contribution in [3.05, 3.63) is 54.2 Å². The molecule has 2 rings (SSSR count). The first-order valence-corrected chi connectivity index (χ1v) is 9.66. The quantitative estimate of drug-likeness (QED) is 0.512. The number of halogens is 2. The molecule has 0 fully saturated rings. The Balaban J connectivity index is 2.11. The maximum absolute atomic E-state index is 3.70. The van der Waals surface area contributed by atoms with Crippen molar-refractivity contribution in [2.75, 3.05) is 6.54 Å². The van der Waals surface area contributed by atoms with E-state index in [-0.39, 0.29) is 0 Å². The SMILES string of the molecule is CCCNC(CCc1cccs1)c1cc(I)ccc1Br. The molecule has 0 saturated carbocycles. The van der Waals surface area contributed by atoms with Gasteiger partial charge < -0.3 is 5.32 Å². The highest BCUT2D eigenvalue weighted by Crippen LogP contribution is 2.29. The van der Waals surface area contributed by atoms with E-state index in [1.54, 1.807) is 0 Å². The fourth-order valence-corrected chi connectivity index (χ4v) is 3.97. The molecule has 1 aromatic heterocycles. The van der Waals surface area contributed by atoms with Gasteiger partial charge in [0.1, 0.15) is 0 Å². The third kappa shape index (κ3) is 4.83. The Morgan fingerprint density at radius 1 is 1.35 bits per heavy atom. The second kappa shape index (κ2) is 8.51. The van der Waals surface area contributed by atoms with Gasteiger partial charge in [0, 0.05) is 19.0 Å². The topological polar surface area (TPSA) is 12.0 Å². The Morgan fingerprint density at radius 3 is 2.90 bits per heavy atom. The lowest BCUT2D eigenvalue weighted by Crippen LogP contribution is -2.23. The fraction of sp³-hybridized carbons (Fsp3) is 0.375. The number of aryl methyl sites for hydroxylation is 1. The first kappa shape index (κ1) is 16.5. The highest BCUT2D eigenvalue weighted by Gasteiger charge is 2.14. The van der Waals surface area contributed by atoms with Crippen LogP contribution in [-0.2, 0) is 6.42 Å². The van der Waals surface area contributed by atoms with Crippen molar-refractivity contribution in [3.63, 3.8) is 0 Å². The standard InChI is InChI=1S/C16H19BrINS/c1-2-9-19-16(8-6-13-4-3-10-20-13)14-11-12(18)5-7-15(14)17/h3-5,7,10-11,16,19H,2,6,8-9H2,1H3. The molecule has 1 atom stereocenters. The van der Waals surface area contributed by atoms with Crippen LogP contribution in [0.15, 0.2) is 40.2 Å². The van der Waals surface area contributed by atoms with E-state index in [2.05, 4.69) is 86.5 Å². The van der Waals surface area contributed by atoms with Gasteiger partial charge >= 0.3 is 0 Å². The lowest BCUT2D eigenvalue weighted by molar-refractivity contribution is 0.499. The zero-order valence-electron chi connectivity index (χ0n) is 11.5. The minimum absolute atomic E-state index is 0.418. The van der Waals surface area contributed by atoms with E-state index >= 15 is 0 Å². The molecule has 1 aromatic carbocycles. The number of thiophene rings is 1. The summed E-state index contributed by atoms with van der Waals surface area (Å²) >= 11 is 7.94. The molecule has 0 aliphatic heterocycles. The monoisotopic (exact) mass is 463 g/mol. The van der Waals surface area contributed by atoms with E-state index in [4.69, 9.17) is 0 Å². The summed E-state index contributed by atoms with van der Waals surface area (Å²) in [5.41, 5.74) is 1.38. The number of benzene rings is 1. The normalized spacial score (nSPS) is 12.6. The summed E-state index contributed by atoms with van der Waals surface area (Å²) in [5.74, 6) is 0. The van der Waals surface area contributed by atoms with Crippen LogP contribution in [0.25, 0.3) is 0 Å². The average Bonchev–Trinajstić information content (AvgIpc) is 2.95. The molecule has 4 heteroatoms. The molecular formula is C16H19BrINS. The zero-order valence-corrected chi connectivity index (χ0v) is 16.1. The largest absolute Gasteiger partial charge is 0.310 e. The van der Waals surface area contributed by atoms with Gasteiger partial charge in [-0.15, -0.1) is 11.3 Å². The Kier molecular flexibility index (Phi) is 7.01. The van der Waals surface area contributed by atoms with Crippen molar-refractivity contribution in [2.45, 2.75) is 32.2 Å². The van der Waals surface area contributed by atoms with Crippen LogP contribution < -0.4 is 5.32 Å². The van der Waals surface area contributed by atoms with E-state index in [0.29, 0.717) is 6.04 Å². The number of hydrogen-bond acceptors (Lipinski definition) is 2. The molecule has 0 spiro atoms. The molecular weight excluding hydrogens is 445 g/mol. The van der Waals surface area contributed by atoms with Crippen molar-refractivity contribution >= 4 is 49.9 Å². The van der Waals surface area contributed by atoms with Crippen LogP contribution in [0.1, 0.15) is 36.2 Å². The summed E-state index contributed by atoms with van der Waals surface area (Å²) in [5, 5.41) is 5.85. The van der Waals surface area contributed by atoms with Gasteiger partial charge in [-0.05, 0) is 83.6 Å². The summed E-state index contributed by atoms with van der Waals surface area (Å²) in [4.78, 5) is 1.47. The van der Waals surface area contributed by atoms with Crippen LogP contribution in [0.3, 0.4) is 0 Å². The predicted molar refractivity (Wildman–Crippen MR) is 101 cm³/mol. The number of rotatable bonds is 7. The summed E-state index contributed by atoms with van der Waals surface area (Å²) in [6, 6.07) is 11.4. The average molecular weight is 464 g/mol. The molecule has 0 aliphatic carbocycles. The Morgan fingerprint density at radius 2 is 2.20 bits per heavy atom. The van der Waals surface area contributed by atoms with E-state index in [1.807, 2.05) is 11.3 Å². The third-order valence-corrected chi connectivity index (χ3v) is 5.56. The van der Waals surface area contributed by atoms with Crippen LogP contribution in [0.5, 0.6) is 0 Å². The molecule has 1 nitrogen and oxygen atoms in total. The zero-order chi connectivity index (χ0) is 14.4. The van der Waals surface area contributed by atoms with Gasteiger partial charge in [0.2, 0.25) is 0 Å². The molecule has 0 saturated heterocycles. The van der Waals surface area contributed by atoms with Gasteiger partial charge in [0.25, 0.3) is 0 Å². The third-order valence-electron chi connectivity index (χ3n) is 3.23. The maximum atomic E-state index is 3.70. The Bertz CT molecular complexity index is 527. The molecule has 1 unspecified atom stereocenters. The van der Waals surface area contributed by atoms with Gasteiger partial charge in [0.05, 0.1) is 0 Å². The van der Waals surface area contributed by atoms with E-state index < -0.39 is 0 Å². The highest BCUT2D eigenvalue weighted by molar-refractivity contribution is 14.1. The molecule has 1 N–H and O–H groups in total. The van der Waals surface area contributed by atoms with Crippen molar-refractivity contribution in [2.24, 2.45) is 0 Å². The summed E-state index contributed by atoms with van der Waals surface area (Å²) < 4.78 is 2.50. The molecule has 0 aliphatic rings. The number of hydrogen-bond donors (Lipinski definition) is 1. The Labute approximate surface area is 147 Å². The second-order valence-corrected chi connectivity index (χ2v) is 7.92. The smallest absolute Gasteiger partial charge is 0.0335 e. The van der Waals surface area contributed by atoms with Crippen LogP contribution >= 0.6 is 49.9 Å². The van der Waals surface area contributed by atoms with Gasteiger partial charge in [-0.25, -0.2) is 0 Å². The second-order valence-electron chi connectivity index (χ2n) is 4.79. The Hall–Kier alpha value is 0.0900. The predicted octanol–water partition coefficient (Wildman–Crippen LogP) is 5.79. The minimum Gasteiger partial charge on any atom is -0.310 e. The summed E-state index contributed by atoms with van der Waals surface area (Å²) in [6.07, 6.45) is 3.44. The van der Waals surface area contributed by atoms with E-state index in [0.717, 1.165) is 25.8 Å². The van der Waals surface area contributed by atoms with E-state index in [1.165, 1.54) is 18.5 Å². The lowest BCUT2D eigenvalue weighted by Gasteiger charge is -2.20. The van der Waals surface area contributed by atoms with Gasteiger partial charge in [-0.3, -0.25) is 0 Å². The van der Waals surface area contributed by atoms with Crippen molar-refractivity contribution in [3.8, 4) is 0 Å². The van der Waals surface area contributed by atoms with Crippen molar-refractivity contribution in [1.29, 1.82) is 0 Å². The van der Waals surface area contributed by atoms with Crippen LogP contribution in [-0.4, -0.2) is 6.54 Å². The summed E-state index contributed by atoms with van der Waals surface area (Å²) in [7, 11) is 0. The highest BCUT2D eigenvalue weighted by atomic mass is 127. The fourth-order valence-electron chi connectivity index (χ4n) is 2.21. The number of nitrogens with one attached hydrogen (secondary N) is 1. The lowest BCUT2D eigenvalue weighted by atomic mass is 10.0. The molecule has 1 heterocycles. The minimum atomic E-state index is 0.418. The summed E-state index contributed by atoms with van der Waals surface area (Å²) in [6.45, 7) is 3.28. The maximum Gasteiger partial charge on any atom is 0.0335 e. The van der Waals surface area contributed by atoms with Gasteiger partial charge in [-0.2, -0.15) is 0 Å². The first-order chi connectivity index (χ1) is 9.70. The van der Waals surface area contributed by atoms with Crippen LogP contribution in [0.4, 0.5) is 0 Å². The molecule has 0 bridgehead atoms.